The molecule has 48 heavy (non-hydrogen) atoms. The molecule has 2 aromatic carbocycles. The van der Waals surface area contributed by atoms with E-state index in [0.29, 0.717) is 0 Å². The first-order valence-corrected chi connectivity index (χ1v) is 17.7. The molecule has 0 atom stereocenters. The summed E-state index contributed by atoms with van der Waals surface area (Å²) in [6, 6.07) is 10.6. The highest BCUT2D eigenvalue weighted by Crippen LogP contribution is 2.35. The maximum Gasteiger partial charge on any atom is 0.338 e. The Bertz CT molecular complexity index is 1580. The number of benzene rings is 2. The number of hydrogen-bond donors (Lipinski definition) is 0. The van der Waals surface area contributed by atoms with Gasteiger partial charge in [-0.2, -0.15) is 0 Å². The number of carbonyl (C=O) groups excluding carboxylic acids is 3. The van der Waals surface area contributed by atoms with Crippen LogP contribution in [0.4, 0.5) is 11.4 Å². The normalized spacial score (nSPS) is 14.3. The highest BCUT2D eigenvalue weighted by Gasteiger charge is 2.37. The van der Waals surface area contributed by atoms with Crippen LogP contribution in [0.15, 0.2) is 65.4 Å². The van der Waals surface area contributed by atoms with Crippen LogP contribution in [0, 0.1) is 13.5 Å². The average Bonchev–Trinajstić information content (AvgIpc) is 3.07. The van der Waals surface area contributed by atoms with Crippen LogP contribution >= 0.6 is 11.6 Å². The number of allylic oxidation sites excluding steroid dienone is 2. The summed E-state index contributed by atoms with van der Waals surface area (Å²) in [5, 5.41) is 0.102. The second-order valence-corrected chi connectivity index (χ2v) is 12.6. The zero-order valence-corrected chi connectivity index (χ0v) is 30.0. The molecule has 0 saturated carbocycles. The van der Waals surface area contributed by atoms with Crippen LogP contribution in [0.3, 0.4) is 0 Å². The van der Waals surface area contributed by atoms with E-state index in [1.165, 1.54) is 63.1 Å². The Hall–Kier alpha value is -4.15. The predicted octanol–water partition coefficient (Wildman–Crippen LogP) is 10.3. The van der Waals surface area contributed by atoms with Crippen molar-refractivity contribution in [2.45, 2.75) is 98.8 Å². The molecule has 0 bridgehead atoms. The molecule has 3 rings (SSSR count). The predicted molar refractivity (Wildman–Crippen MR) is 197 cm³/mol. The van der Waals surface area contributed by atoms with Gasteiger partial charge < -0.3 is 9.64 Å². The van der Waals surface area contributed by atoms with Crippen molar-refractivity contribution in [1.82, 2.24) is 0 Å². The average molecular weight is 672 g/mol. The quantitative estimate of drug-likeness (QED) is 0.0518. The van der Waals surface area contributed by atoms with E-state index in [1.807, 2.05) is 19.1 Å². The summed E-state index contributed by atoms with van der Waals surface area (Å²) in [6.07, 6.45) is 17.0. The third-order valence-corrected chi connectivity index (χ3v) is 9.10. The van der Waals surface area contributed by atoms with E-state index in [-0.39, 0.29) is 39.7 Å². The van der Waals surface area contributed by atoms with Crippen molar-refractivity contribution >= 4 is 46.8 Å². The maximum atomic E-state index is 13.8. The van der Waals surface area contributed by atoms with E-state index in [4.69, 9.17) is 22.9 Å². The van der Waals surface area contributed by atoms with Crippen molar-refractivity contribution < 1.29 is 19.1 Å². The van der Waals surface area contributed by atoms with Crippen LogP contribution in [0.25, 0.3) is 10.9 Å². The Morgan fingerprint density at radius 3 is 2.15 bits per heavy atom. The molecule has 0 unspecified atom stereocenters. The number of carbonyl (C=O) groups is 3. The number of unbranched alkanes of at least 4 members (excludes halogenated alkanes) is 9. The Morgan fingerprint density at radius 2 is 1.54 bits per heavy atom. The van der Waals surface area contributed by atoms with Gasteiger partial charge in [0.05, 0.1) is 29.5 Å². The summed E-state index contributed by atoms with van der Waals surface area (Å²) >= 11 is 6.49. The van der Waals surface area contributed by atoms with Gasteiger partial charge in [0.2, 0.25) is 0 Å². The van der Waals surface area contributed by atoms with Crippen molar-refractivity contribution in [3.8, 4) is 0 Å². The van der Waals surface area contributed by atoms with Gasteiger partial charge in [0.1, 0.15) is 0 Å². The van der Waals surface area contributed by atoms with Crippen molar-refractivity contribution in [3.05, 3.63) is 98.5 Å². The van der Waals surface area contributed by atoms with E-state index in [0.717, 1.165) is 54.1 Å². The number of nitrogens with zero attached hydrogens (tertiary/aromatic N) is 3. The van der Waals surface area contributed by atoms with Gasteiger partial charge in [-0.25, -0.2) is 9.64 Å². The molecular formula is C40H50ClN3O4. The smallest absolute Gasteiger partial charge is 0.338 e. The third kappa shape index (κ3) is 10.2. The minimum Gasteiger partial charge on any atom is -0.462 e. The molecular weight excluding hydrogens is 622 g/mol. The van der Waals surface area contributed by atoms with Crippen molar-refractivity contribution in [1.29, 1.82) is 0 Å². The fourth-order valence-electron chi connectivity index (χ4n) is 5.84. The largest absolute Gasteiger partial charge is 0.462 e. The molecule has 8 heteroatoms. The monoisotopic (exact) mass is 671 g/mol. The maximum absolute atomic E-state index is 13.8. The van der Waals surface area contributed by atoms with E-state index in [1.54, 1.807) is 19.1 Å². The SMILES string of the molecule is [C-]#[N+]C1=C(C)/C(=C\C=C\c2ccc(N(CC)CC)cc2C)C(=O)N(c2cc(C(=O)OCCCCCCCCCCCC)ccc2Cl)C1=O. The van der Waals surface area contributed by atoms with Gasteiger partial charge in [-0.3, -0.25) is 14.5 Å². The number of imide groups is 1. The number of amides is 2. The number of esters is 1. The number of anilines is 2. The van der Waals surface area contributed by atoms with E-state index in [9.17, 15) is 14.4 Å². The molecule has 2 amide bonds. The van der Waals surface area contributed by atoms with Gasteiger partial charge in [0, 0.05) is 24.4 Å². The lowest BCUT2D eigenvalue weighted by Crippen LogP contribution is -2.42. The number of hydrogen-bond acceptors (Lipinski definition) is 5. The molecule has 0 radical (unpaired) electrons. The van der Waals surface area contributed by atoms with Crippen molar-refractivity contribution in [2.24, 2.45) is 0 Å². The van der Waals surface area contributed by atoms with Crippen LogP contribution < -0.4 is 9.80 Å². The molecule has 0 N–H and O–H groups in total. The van der Waals surface area contributed by atoms with Crippen LogP contribution in [0.2, 0.25) is 5.02 Å². The molecule has 1 aliphatic rings. The number of aryl methyl sites for hydroxylation is 1. The van der Waals surface area contributed by atoms with E-state index >= 15 is 0 Å². The zero-order valence-electron chi connectivity index (χ0n) is 29.2. The summed E-state index contributed by atoms with van der Waals surface area (Å²) in [4.78, 5) is 46.8. The van der Waals surface area contributed by atoms with Crippen molar-refractivity contribution in [2.75, 3.05) is 29.5 Å². The summed E-state index contributed by atoms with van der Waals surface area (Å²) in [5.41, 5.74) is 3.72. The fraction of sp³-hybridized carbons (Fsp3) is 0.450. The zero-order chi connectivity index (χ0) is 35.1. The van der Waals surface area contributed by atoms with E-state index < -0.39 is 17.8 Å². The van der Waals surface area contributed by atoms with Gasteiger partial charge in [-0.1, -0.05) is 101 Å². The standard InChI is InChI=1S/C40H50ClN3O4/c1-7-10-11-12-13-14-15-16-17-18-26-48-40(47)32-23-25-35(41)36(28-32)44-38(45)34(30(5)37(42-6)39(44)46)21-19-20-31-22-24-33(27-29(31)4)43(8-2)9-3/h19-25,27-28H,7-18,26H2,1-5H3/b20-19+,34-21+. The molecule has 0 spiro atoms. The lowest BCUT2D eigenvalue weighted by atomic mass is 9.97. The second-order valence-electron chi connectivity index (χ2n) is 12.2. The van der Waals surface area contributed by atoms with Crippen LogP contribution in [0.5, 0.6) is 0 Å². The summed E-state index contributed by atoms with van der Waals surface area (Å²) < 4.78 is 5.50. The van der Waals surface area contributed by atoms with Gasteiger partial charge in [-0.15, -0.1) is 0 Å². The third-order valence-electron chi connectivity index (χ3n) is 8.78. The van der Waals surface area contributed by atoms with Crippen LogP contribution in [-0.2, 0) is 14.3 Å². The lowest BCUT2D eigenvalue weighted by molar-refractivity contribution is -0.123. The molecule has 0 saturated heterocycles. The Kier molecular flexibility index (Phi) is 15.7. The van der Waals surface area contributed by atoms with Crippen LogP contribution in [-0.4, -0.2) is 37.5 Å². The first-order chi connectivity index (χ1) is 23.2. The first-order valence-electron chi connectivity index (χ1n) is 17.4. The number of ether oxygens (including phenoxy) is 1. The minimum absolute atomic E-state index is 0.0337. The first kappa shape index (κ1) is 38.3. The fourth-order valence-corrected chi connectivity index (χ4v) is 6.04. The molecule has 0 fully saturated rings. The molecule has 2 aromatic rings. The van der Waals surface area contributed by atoms with E-state index in [2.05, 4.69) is 42.6 Å². The van der Waals surface area contributed by atoms with Gasteiger partial charge in [0.25, 0.3) is 17.5 Å². The van der Waals surface area contributed by atoms with Gasteiger partial charge in [0.15, 0.2) is 0 Å². The Balaban J connectivity index is 1.72. The molecule has 1 aliphatic heterocycles. The lowest BCUT2D eigenvalue weighted by Gasteiger charge is -2.28. The van der Waals surface area contributed by atoms with Gasteiger partial charge >= 0.3 is 5.97 Å². The summed E-state index contributed by atoms with van der Waals surface area (Å²) in [5.74, 6) is -1.96. The second kappa shape index (κ2) is 19.6. The summed E-state index contributed by atoms with van der Waals surface area (Å²) in [6.45, 7) is 19.9. The molecule has 0 aliphatic carbocycles. The minimum atomic E-state index is -0.783. The Morgan fingerprint density at radius 1 is 0.896 bits per heavy atom. The number of rotatable bonds is 18. The Labute approximate surface area is 292 Å². The summed E-state index contributed by atoms with van der Waals surface area (Å²) in [7, 11) is 0. The molecule has 7 nitrogen and oxygen atoms in total. The van der Waals surface area contributed by atoms with Gasteiger partial charge in [-0.05, 0) is 81.1 Å². The highest BCUT2D eigenvalue weighted by atomic mass is 35.5. The topological polar surface area (TPSA) is 71.3 Å². The molecule has 256 valence electrons. The molecule has 1 heterocycles. The van der Waals surface area contributed by atoms with Crippen molar-refractivity contribution in [3.63, 3.8) is 0 Å². The van der Waals surface area contributed by atoms with Crippen LogP contribution in [0.1, 0.15) is 113 Å². The number of halogens is 1. The molecule has 0 aromatic heterocycles. The highest BCUT2D eigenvalue weighted by molar-refractivity contribution is 6.38.